The Morgan fingerprint density at radius 1 is 1.55 bits per heavy atom. The third-order valence-electron chi connectivity index (χ3n) is 1.27. The van der Waals surface area contributed by atoms with Crippen LogP contribution in [0.3, 0.4) is 0 Å². The van der Waals surface area contributed by atoms with Crippen LogP contribution in [0.5, 0.6) is 0 Å². The third kappa shape index (κ3) is 3.57. The molecule has 11 heavy (non-hydrogen) atoms. The number of primary amides is 1. The van der Waals surface area contributed by atoms with E-state index in [-0.39, 0.29) is 12.5 Å². The fourth-order valence-electron chi connectivity index (χ4n) is 0.628. The molecule has 0 heterocycles. The molecule has 0 spiro atoms. The number of rotatable bonds is 4. The summed E-state index contributed by atoms with van der Waals surface area (Å²) < 4.78 is 0. The lowest BCUT2D eigenvalue weighted by Crippen LogP contribution is -2.46. The van der Waals surface area contributed by atoms with Crippen LogP contribution in [-0.2, 0) is 9.59 Å². The van der Waals surface area contributed by atoms with Gasteiger partial charge in [-0.3, -0.25) is 9.59 Å². The van der Waals surface area contributed by atoms with E-state index in [0.717, 1.165) is 0 Å². The highest BCUT2D eigenvalue weighted by atomic mass is 16.2. The molecule has 0 aliphatic heterocycles. The fourth-order valence-corrected chi connectivity index (χ4v) is 0.628. The van der Waals surface area contributed by atoms with Gasteiger partial charge in [0.1, 0.15) is 6.04 Å². The topological polar surface area (TPSA) is 98.2 Å². The minimum atomic E-state index is -0.592. The molecule has 0 aliphatic carbocycles. The zero-order chi connectivity index (χ0) is 8.85. The molecule has 1 atom stereocenters. The van der Waals surface area contributed by atoms with Crippen molar-refractivity contribution in [3.63, 3.8) is 0 Å². The molecule has 0 fully saturated rings. The minimum absolute atomic E-state index is 0.121. The van der Waals surface area contributed by atoms with Gasteiger partial charge in [0.2, 0.25) is 11.8 Å². The number of carbonyl (C=O) groups excluding carboxylic acids is 2. The summed E-state index contributed by atoms with van der Waals surface area (Å²) in [5, 5.41) is 2.38. The SMILES string of the molecule is CC[C@H](NC(=O)CN)C(N)=O. The minimum Gasteiger partial charge on any atom is -0.368 e. The van der Waals surface area contributed by atoms with Crippen LogP contribution in [0.1, 0.15) is 13.3 Å². The van der Waals surface area contributed by atoms with Crippen LogP contribution >= 0.6 is 0 Å². The third-order valence-corrected chi connectivity index (χ3v) is 1.27. The standard InChI is InChI=1S/C6H13N3O2/c1-2-4(6(8)11)9-5(10)3-7/h4H,2-3,7H2,1H3,(H2,8,11)(H,9,10)/t4-/m0/s1. The summed E-state index contributed by atoms with van der Waals surface area (Å²) in [7, 11) is 0. The molecule has 0 aromatic rings. The van der Waals surface area contributed by atoms with Crippen molar-refractivity contribution in [2.45, 2.75) is 19.4 Å². The van der Waals surface area contributed by atoms with E-state index in [2.05, 4.69) is 5.32 Å². The summed E-state index contributed by atoms with van der Waals surface area (Å²) in [4.78, 5) is 21.2. The summed E-state index contributed by atoms with van der Waals surface area (Å²) in [5.41, 5.74) is 9.97. The molecule has 5 N–H and O–H groups in total. The number of hydrogen-bond donors (Lipinski definition) is 3. The Bertz CT molecular complexity index is 158. The van der Waals surface area contributed by atoms with Crippen molar-refractivity contribution in [1.82, 2.24) is 5.32 Å². The maximum Gasteiger partial charge on any atom is 0.239 e. The Labute approximate surface area is 65.1 Å². The highest BCUT2D eigenvalue weighted by Gasteiger charge is 2.13. The largest absolute Gasteiger partial charge is 0.368 e. The normalized spacial score (nSPS) is 12.2. The average Bonchev–Trinajstić information content (AvgIpc) is 1.99. The Morgan fingerprint density at radius 2 is 2.09 bits per heavy atom. The van der Waals surface area contributed by atoms with Crippen LogP contribution < -0.4 is 16.8 Å². The molecular formula is C6H13N3O2. The van der Waals surface area contributed by atoms with Gasteiger partial charge in [0.05, 0.1) is 6.54 Å². The van der Waals surface area contributed by atoms with E-state index in [4.69, 9.17) is 11.5 Å². The van der Waals surface area contributed by atoms with Gasteiger partial charge >= 0.3 is 0 Å². The summed E-state index contributed by atoms with van der Waals surface area (Å²) in [6, 6.07) is -0.592. The fraction of sp³-hybridized carbons (Fsp3) is 0.667. The van der Waals surface area contributed by atoms with E-state index in [1.54, 1.807) is 6.92 Å². The Kier molecular flexibility index (Phi) is 4.21. The van der Waals surface area contributed by atoms with E-state index < -0.39 is 11.9 Å². The molecule has 0 bridgehead atoms. The van der Waals surface area contributed by atoms with Crippen LogP contribution in [0.4, 0.5) is 0 Å². The van der Waals surface area contributed by atoms with Gasteiger partial charge in [0.15, 0.2) is 0 Å². The molecule has 5 heteroatoms. The quantitative estimate of drug-likeness (QED) is 0.457. The van der Waals surface area contributed by atoms with Crippen molar-refractivity contribution in [2.75, 3.05) is 6.54 Å². The van der Waals surface area contributed by atoms with Crippen LogP contribution in [0.25, 0.3) is 0 Å². The van der Waals surface area contributed by atoms with Crippen molar-refractivity contribution in [3.8, 4) is 0 Å². The molecule has 0 radical (unpaired) electrons. The van der Waals surface area contributed by atoms with Crippen molar-refractivity contribution in [2.24, 2.45) is 11.5 Å². The second-order valence-electron chi connectivity index (χ2n) is 2.13. The van der Waals surface area contributed by atoms with Gasteiger partial charge in [-0.15, -0.1) is 0 Å². The van der Waals surface area contributed by atoms with Gasteiger partial charge < -0.3 is 16.8 Å². The molecule has 0 aromatic heterocycles. The first-order chi connectivity index (χ1) is 5.11. The summed E-state index contributed by atoms with van der Waals surface area (Å²) in [6.45, 7) is 1.63. The van der Waals surface area contributed by atoms with E-state index in [0.29, 0.717) is 6.42 Å². The van der Waals surface area contributed by atoms with Crippen molar-refractivity contribution < 1.29 is 9.59 Å². The number of amides is 2. The number of carbonyl (C=O) groups is 2. The highest BCUT2D eigenvalue weighted by Crippen LogP contribution is 1.87. The molecule has 0 saturated heterocycles. The van der Waals surface area contributed by atoms with E-state index >= 15 is 0 Å². The zero-order valence-electron chi connectivity index (χ0n) is 6.46. The lowest BCUT2D eigenvalue weighted by molar-refractivity contribution is -0.126. The van der Waals surface area contributed by atoms with Gasteiger partial charge in [-0.2, -0.15) is 0 Å². The van der Waals surface area contributed by atoms with E-state index in [1.807, 2.05) is 0 Å². The van der Waals surface area contributed by atoms with Crippen molar-refractivity contribution >= 4 is 11.8 Å². The van der Waals surface area contributed by atoms with Gasteiger partial charge in [-0.05, 0) is 6.42 Å². The average molecular weight is 159 g/mol. The summed E-state index contributed by atoms with van der Waals surface area (Å²) >= 11 is 0. The number of nitrogens with two attached hydrogens (primary N) is 2. The predicted octanol–water partition coefficient (Wildman–Crippen LogP) is -1.67. The van der Waals surface area contributed by atoms with Crippen LogP contribution in [0, 0.1) is 0 Å². The first kappa shape index (κ1) is 9.90. The van der Waals surface area contributed by atoms with Crippen LogP contribution in [-0.4, -0.2) is 24.4 Å². The molecule has 0 aliphatic rings. The second-order valence-corrected chi connectivity index (χ2v) is 2.13. The van der Waals surface area contributed by atoms with Crippen LogP contribution in [0.15, 0.2) is 0 Å². The number of hydrogen-bond acceptors (Lipinski definition) is 3. The molecule has 0 aromatic carbocycles. The summed E-state index contributed by atoms with van der Waals surface area (Å²) in [6.07, 6.45) is 0.487. The Morgan fingerprint density at radius 3 is 2.36 bits per heavy atom. The van der Waals surface area contributed by atoms with Gasteiger partial charge in [-0.1, -0.05) is 6.92 Å². The van der Waals surface area contributed by atoms with Gasteiger partial charge in [-0.25, -0.2) is 0 Å². The molecule has 0 saturated carbocycles. The van der Waals surface area contributed by atoms with Gasteiger partial charge in [0, 0.05) is 0 Å². The van der Waals surface area contributed by atoms with Gasteiger partial charge in [0.25, 0.3) is 0 Å². The van der Waals surface area contributed by atoms with Crippen LogP contribution in [0.2, 0.25) is 0 Å². The maximum atomic E-state index is 10.6. The summed E-state index contributed by atoms with van der Waals surface area (Å²) in [5.74, 6) is -0.898. The first-order valence-electron chi connectivity index (χ1n) is 3.40. The Hall–Kier alpha value is -1.10. The monoisotopic (exact) mass is 159 g/mol. The lowest BCUT2D eigenvalue weighted by atomic mass is 10.2. The molecule has 0 rings (SSSR count). The molecule has 2 amide bonds. The molecular weight excluding hydrogens is 146 g/mol. The second kappa shape index (κ2) is 4.68. The molecule has 5 nitrogen and oxygen atoms in total. The first-order valence-corrected chi connectivity index (χ1v) is 3.40. The lowest BCUT2D eigenvalue weighted by Gasteiger charge is -2.11. The number of nitrogens with one attached hydrogen (secondary N) is 1. The maximum absolute atomic E-state index is 10.6. The molecule has 0 unspecified atom stereocenters. The smallest absolute Gasteiger partial charge is 0.239 e. The highest BCUT2D eigenvalue weighted by molar-refractivity contribution is 5.87. The molecule has 64 valence electrons. The van der Waals surface area contributed by atoms with Crippen molar-refractivity contribution in [1.29, 1.82) is 0 Å². The van der Waals surface area contributed by atoms with Crippen molar-refractivity contribution in [3.05, 3.63) is 0 Å². The predicted molar refractivity (Wildman–Crippen MR) is 40.5 cm³/mol. The Balaban J connectivity index is 3.88. The van der Waals surface area contributed by atoms with E-state index in [1.165, 1.54) is 0 Å². The zero-order valence-corrected chi connectivity index (χ0v) is 6.46. The van der Waals surface area contributed by atoms with E-state index in [9.17, 15) is 9.59 Å².